The quantitative estimate of drug-likeness (QED) is 0.356. The van der Waals surface area contributed by atoms with Crippen LogP contribution in [0.1, 0.15) is 53.0 Å². The number of thiophene rings is 1. The minimum atomic E-state index is -0.701. The zero-order valence-electron chi connectivity index (χ0n) is 19.2. The van der Waals surface area contributed by atoms with E-state index >= 15 is 0 Å². The van der Waals surface area contributed by atoms with E-state index in [1.54, 1.807) is 17.5 Å². The molecule has 0 radical (unpaired) electrons. The van der Waals surface area contributed by atoms with Crippen molar-refractivity contribution in [2.24, 2.45) is 0 Å². The predicted molar refractivity (Wildman–Crippen MR) is 133 cm³/mol. The average Bonchev–Trinajstić information content (AvgIpc) is 3.18. The van der Waals surface area contributed by atoms with Gasteiger partial charge in [0.25, 0.3) is 0 Å². The number of pyridine rings is 1. The molecule has 0 unspecified atom stereocenters. The minimum Gasteiger partial charge on any atom is -0.444 e. The summed E-state index contributed by atoms with van der Waals surface area (Å²) >= 11 is 1.58. The first-order chi connectivity index (χ1) is 15.1. The summed E-state index contributed by atoms with van der Waals surface area (Å²) in [6.07, 6.45) is 2.50. The Kier molecular flexibility index (Phi) is 6.65. The van der Waals surface area contributed by atoms with E-state index in [1.807, 2.05) is 58.9 Å². The molecule has 2 aromatic heterocycles. The van der Waals surface area contributed by atoms with Gasteiger partial charge in [-0.1, -0.05) is 37.8 Å². The molecule has 6 nitrogen and oxygen atoms in total. The minimum absolute atomic E-state index is 0.461. The number of hydrogen-bond acceptors (Lipinski definition) is 6. The van der Waals surface area contributed by atoms with E-state index in [0.717, 1.165) is 26.8 Å². The fourth-order valence-corrected chi connectivity index (χ4v) is 4.41. The van der Waals surface area contributed by atoms with Crippen LogP contribution < -0.4 is 16.8 Å². The third kappa shape index (κ3) is 5.14. The Morgan fingerprint density at radius 1 is 1.16 bits per heavy atom. The van der Waals surface area contributed by atoms with Gasteiger partial charge in [-0.05, 0) is 56.7 Å². The number of hydrogen-bond donors (Lipinski definition) is 3. The van der Waals surface area contributed by atoms with Crippen LogP contribution >= 0.6 is 11.3 Å². The average molecular weight is 451 g/mol. The number of carbonyl (C=O) groups excluding carboxylic acids is 1. The van der Waals surface area contributed by atoms with Gasteiger partial charge < -0.3 is 21.5 Å². The monoisotopic (exact) mass is 450 g/mol. The number of rotatable bonds is 4. The molecule has 7 heteroatoms. The fourth-order valence-electron chi connectivity index (χ4n) is 3.35. The summed E-state index contributed by atoms with van der Waals surface area (Å²) < 4.78 is 6.41. The summed E-state index contributed by atoms with van der Waals surface area (Å²) in [4.78, 5) is 16.8. The van der Waals surface area contributed by atoms with E-state index in [0.29, 0.717) is 24.3 Å². The highest BCUT2D eigenvalue weighted by Crippen LogP contribution is 2.38. The summed E-state index contributed by atoms with van der Waals surface area (Å²) in [5, 5.41) is 5.90. The van der Waals surface area contributed by atoms with Crippen molar-refractivity contribution in [1.29, 1.82) is 0 Å². The molecule has 0 saturated carbocycles. The van der Waals surface area contributed by atoms with Crippen LogP contribution in [0.25, 0.3) is 21.2 Å². The second-order valence-corrected chi connectivity index (χ2v) is 9.58. The Labute approximate surface area is 193 Å². The molecule has 0 bridgehead atoms. The van der Waals surface area contributed by atoms with E-state index in [-0.39, 0.29) is 0 Å². The largest absolute Gasteiger partial charge is 0.444 e. The molecule has 0 atom stereocenters. The third-order valence-corrected chi connectivity index (χ3v) is 6.24. The highest BCUT2D eigenvalue weighted by Gasteiger charge is 2.28. The smallest absolute Gasteiger partial charge is 0.408 e. The van der Waals surface area contributed by atoms with Gasteiger partial charge in [-0.25, -0.2) is 9.78 Å². The van der Waals surface area contributed by atoms with E-state index in [2.05, 4.69) is 27.5 Å². The lowest BCUT2D eigenvalue weighted by Crippen LogP contribution is -2.48. The number of alkyl carbamates (subject to hydrolysis) is 1. The number of benzene rings is 1. The predicted octanol–water partition coefficient (Wildman–Crippen LogP) is 5.56. The molecule has 0 aliphatic carbocycles. The number of aromatic nitrogens is 1. The zero-order valence-corrected chi connectivity index (χ0v) is 20.0. The molecule has 2 heterocycles. The van der Waals surface area contributed by atoms with Crippen LogP contribution in [0.4, 0.5) is 16.3 Å². The summed E-state index contributed by atoms with van der Waals surface area (Å²) in [6, 6.07) is 7.67. The summed E-state index contributed by atoms with van der Waals surface area (Å²) in [5.74, 6) is 6.99. The van der Waals surface area contributed by atoms with Crippen molar-refractivity contribution in [3.8, 4) is 23.0 Å². The maximum Gasteiger partial charge on any atom is 0.408 e. The van der Waals surface area contributed by atoms with E-state index in [4.69, 9.17) is 16.2 Å². The second-order valence-electron chi connectivity index (χ2n) is 8.70. The third-order valence-electron chi connectivity index (χ3n) is 5.23. The van der Waals surface area contributed by atoms with Crippen molar-refractivity contribution < 1.29 is 9.53 Å². The molecule has 1 amide bonds. The lowest BCUT2D eigenvalue weighted by Gasteiger charge is -2.29. The fraction of sp³-hybridized carbons (Fsp3) is 0.360. The number of nitrogen functional groups attached to an aromatic ring is 2. The van der Waals surface area contributed by atoms with Crippen LogP contribution in [0.15, 0.2) is 35.8 Å². The molecular weight excluding hydrogens is 420 g/mol. The molecule has 0 fully saturated rings. The highest BCUT2D eigenvalue weighted by molar-refractivity contribution is 7.18. The first-order valence-corrected chi connectivity index (χ1v) is 11.5. The lowest BCUT2D eigenvalue weighted by atomic mass is 9.93. The van der Waals surface area contributed by atoms with E-state index in [9.17, 15) is 4.79 Å². The number of nitrogens with zero attached hydrogens (tertiary/aromatic N) is 1. The standard InChI is InChI=1S/C25H30N4O2S/c1-6-25(7-2,29-23(30)31-24(3,4)5)13-12-17-14-28-22(27)20-19(15-32-21(17)20)16-8-10-18(26)11-9-16/h8-11,14-15H,6-7,26H2,1-5H3,(H2,27,28)(H,29,30). The van der Waals surface area contributed by atoms with Gasteiger partial charge in [0.15, 0.2) is 0 Å². The number of anilines is 2. The molecule has 3 aromatic rings. The number of nitrogens with two attached hydrogens (primary N) is 2. The molecule has 0 saturated heterocycles. The van der Waals surface area contributed by atoms with Gasteiger partial charge >= 0.3 is 6.09 Å². The Bertz CT molecular complexity index is 1180. The number of nitrogens with one attached hydrogen (secondary N) is 1. The summed E-state index contributed by atoms with van der Waals surface area (Å²) in [5.41, 5.74) is 14.3. The van der Waals surface area contributed by atoms with Crippen LogP contribution in [0, 0.1) is 11.8 Å². The maximum absolute atomic E-state index is 12.4. The van der Waals surface area contributed by atoms with Gasteiger partial charge in [0.2, 0.25) is 0 Å². The van der Waals surface area contributed by atoms with Crippen molar-refractivity contribution in [2.45, 2.75) is 58.6 Å². The van der Waals surface area contributed by atoms with Crippen molar-refractivity contribution in [3.05, 3.63) is 41.4 Å². The van der Waals surface area contributed by atoms with Crippen LogP contribution in [0.3, 0.4) is 0 Å². The molecule has 1 aromatic carbocycles. The first-order valence-electron chi connectivity index (χ1n) is 10.6. The normalized spacial score (nSPS) is 11.7. The Morgan fingerprint density at radius 3 is 2.41 bits per heavy atom. The molecule has 32 heavy (non-hydrogen) atoms. The molecular formula is C25H30N4O2S. The molecule has 0 aliphatic rings. The van der Waals surface area contributed by atoms with Gasteiger partial charge in [-0.15, -0.1) is 11.3 Å². The number of amides is 1. The van der Waals surface area contributed by atoms with Gasteiger partial charge in [0.05, 0.1) is 10.3 Å². The first kappa shape index (κ1) is 23.4. The topological polar surface area (TPSA) is 103 Å². The number of ether oxygens (including phenoxy) is 1. The van der Waals surface area contributed by atoms with E-state index in [1.165, 1.54) is 0 Å². The van der Waals surface area contributed by atoms with Crippen LogP contribution in [-0.2, 0) is 4.74 Å². The van der Waals surface area contributed by atoms with Gasteiger partial charge in [-0.3, -0.25) is 0 Å². The Balaban J connectivity index is 2.01. The van der Waals surface area contributed by atoms with Crippen molar-refractivity contribution >= 4 is 39.0 Å². The second kappa shape index (κ2) is 9.09. The van der Waals surface area contributed by atoms with Crippen molar-refractivity contribution in [3.63, 3.8) is 0 Å². The number of fused-ring (bicyclic) bond motifs is 1. The molecule has 0 aliphatic heterocycles. The molecule has 5 N–H and O–H groups in total. The number of carbonyl (C=O) groups is 1. The van der Waals surface area contributed by atoms with Crippen LogP contribution in [-0.4, -0.2) is 22.2 Å². The SMILES string of the molecule is CCC(C#Cc1cnc(N)c2c(-c3ccc(N)cc3)csc12)(CC)NC(=O)OC(C)(C)C. The van der Waals surface area contributed by atoms with Gasteiger partial charge in [0.1, 0.15) is 17.0 Å². The van der Waals surface area contributed by atoms with Crippen LogP contribution in [0.2, 0.25) is 0 Å². The van der Waals surface area contributed by atoms with Gasteiger partial charge in [0, 0.05) is 22.8 Å². The van der Waals surface area contributed by atoms with Crippen LogP contribution in [0.5, 0.6) is 0 Å². The zero-order chi connectivity index (χ0) is 23.5. The van der Waals surface area contributed by atoms with Crippen molar-refractivity contribution in [1.82, 2.24) is 10.3 Å². The maximum atomic E-state index is 12.4. The molecule has 168 valence electrons. The lowest BCUT2D eigenvalue weighted by molar-refractivity contribution is 0.0477. The molecule has 3 rings (SSSR count). The van der Waals surface area contributed by atoms with Crippen molar-refractivity contribution in [2.75, 3.05) is 11.5 Å². The summed E-state index contributed by atoms with van der Waals surface area (Å²) in [7, 11) is 0. The Hall–Kier alpha value is -3.24. The Morgan fingerprint density at radius 2 is 1.81 bits per heavy atom. The summed E-state index contributed by atoms with van der Waals surface area (Å²) in [6.45, 7) is 9.51. The molecule has 0 spiro atoms. The highest BCUT2D eigenvalue weighted by atomic mass is 32.1. The van der Waals surface area contributed by atoms with E-state index < -0.39 is 17.2 Å². The van der Waals surface area contributed by atoms with Gasteiger partial charge in [-0.2, -0.15) is 0 Å².